The molecule has 12 heavy (non-hydrogen) atoms. The van der Waals surface area contributed by atoms with E-state index in [-0.39, 0.29) is 11.7 Å². The Morgan fingerprint density at radius 2 is 2.00 bits per heavy atom. The first kappa shape index (κ1) is 9.42. The number of thiol groups is 1. The lowest BCUT2D eigenvalue weighted by molar-refractivity contribution is -0.112. The minimum absolute atomic E-state index is 0.0231. The Balaban J connectivity index is 2.53. The highest BCUT2D eigenvalue weighted by atomic mass is 35.5. The maximum Gasteiger partial charge on any atom is 0.223 e. The molecule has 0 amide bonds. The van der Waals surface area contributed by atoms with E-state index in [1.807, 2.05) is 0 Å². The summed E-state index contributed by atoms with van der Waals surface area (Å²) in [5, 5.41) is 0.338. The Morgan fingerprint density at radius 3 is 2.50 bits per heavy atom. The van der Waals surface area contributed by atoms with Gasteiger partial charge in [0.2, 0.25) is 5.12 Å². The van der Waals surface area contributed by atoms with Crippen LogP contribution < -0.4 is 4.74 Å². The zero-order chi connectivity index (χ0) is 8.97. The summed E-state index contributed by atoms with van der Waals surface area (Å²) in [6.45, 7) is -0.0231. The van der Waals surface area contributed by atoms with Gasteiger partial charge in [0.1, 0.15) is 5.75 Å². The second-order valence-corrected chi connectivity index (χ2v) is 3.07. The van der Waals surface area contributed by atoms with Crippen LogP contribution in [0.1, 0.15) is 0 Å². The van der Waals surface area contributed by atoms with E-state index in [1.165, 1.54) is 0 Å². The SMILES string of the molecule is O=C(S)COc1ccc(Cl)cc1. The summed E-state index contributed by atoms with van der Waals surface area (Å²) in [5.41, 5.74) is 0. The topological polar surface area (TPSA) is 26.3 Å². The van der Waals surface area contributed by atoms with E-state index in [0.29, 0.717) is 10.8 Å². The first-order valence-electron chi connectivity index (χ1n) is 3.28. The van der Waals surface area contributed by atoms with Crippen molar-refractivity contribution in [1.82, 2.24) is 0 Å². The normalized spacial score (nSPS) is 9.50. The lowest BCUT2D eigenvalue weighted by Crippen LogP contribution is -2.03. The van der Waals surface area contributed by atoms with Crippen molar-refractivity contribution >= 4 is 29.3 Å². The van der Waals surface area contributed by atoms with Gasteiger partial charge in [0.15, 0.2) is 6.61 Å². The third kappa shape index (κ3) is 3.15. The molecule has 0 saturated carbocycles. The van der Waals surface area contributed by atoms with E-state index in [9.17, 15) is 4.79 Å². The Bertz CT molecular complexity index is 271. The molecule has 0 bridgehead atoms. The summed E-state index contributed by atoms with van der Waals surface area (Å²) >= 11 is 9.20. The van der Waals surface area contributed by atoms with Gasteiger partial charge in [-0.25, -0.2) is 0 Å². The van der Waals surface area contributed by atoms with Crippen molar-refractivity contribution in [1.29, 1.82) is 0 Å². The van der Waals surface area contributed by atoms with Crippen LogP contribution >= 0.6 is 24.2 Å². The van der Waals surface area contributed by atoms with Crippen LogP contribution in [0.3, 0.4) is 0 Å². The third-order valence-electron chi connectivity index (χ3n) is 1.18. The van der Waals surface area contributed by atoms with Gasteiger partial charge in [-0.05, 0) is 24.3 Å². The standard InChI is InChI=1S/C8H7ClO2S/c9-6-1-3-7(4-2-6)11-5-8(10)12/h1-4H,5H2,(H,10,12). The zero-order valence-corrected chi connectivity index (χ0v) is 7.81. The van der Waals surface area contributed by atoms with E-state index in [4.69, 9.17) is 16.3 Å². The number of halogens is 1. The van der Waals surface area contributed by atoms with Crippen LogP contribution in [-0.4, -0.2) is 11.7 Å². The van der Waals surface area contributed by atoms with Crippen LogP contribution in [0.15, 0.2) is 24.3 Å². The van der Waals surface area contributed by atoms with Crippen LogP contribution in [-0.2, 0) is 4.79 Å². The van der Waals surface area contributed by atoms with Crippen molar-refractivity contribution < 1.29 is 9.53 Å². The zero-order valence-electron chi connectivity index (χ0n) is 6.16. The third-order valence-corrected chi connectivity index (χ3v) is 1.56. The number of rotatable bonds is 3. The van der Waals surface area contributed by atoms with Gasteiger partial charge in [0, 0.05) is 5.02 Å². The van der Waals surface area contributed by atoms with Crippen molar-refractivity contribution in [2.24, 2.45) is 0 Å². The molecule has 0 aliphatic carbocycles. The van der Waals surface area contributed by atoms with Crippen LogP contribution in [0, 0.1) is 0 Å². The number of carbonyl (C=O) groups is 1. The van der Waals surface area contributed by atoms with E-state index in [2.05, 4.69) is 12.6 Å². The average molecular weight is 203 g/mol. The van der Waals surface area contributed by atoms with Gasteiger partial charge < -0.3 is 4.74 Å². The van der Waals surface area contributed by atoms with Crippen molar-refractivity contribution in [3.8, 4) is 5.75 Å². The van der Waals surface area contributed by atoms with Crippen molar-refractivity contribution in [2.75, 3.05) is 6.61 Å². The minimum Gasteiger partial charge on any atom is -0.485 e. The summed E-state index contributed by atoms with van der Waals surface area (Å²) in [4.78, 5) is 10.4. The molecule has 0 aliphatic rings. The van der Waals surface area contributed by atoms with Gasteiger partial charge in [-0.15, -0.1) is 12.6 Å². The fourth-order valence-electron chi connectivity index (χ4n) is 0.676. The number of hydrogen-bond acceptors (Lipinski definition) is 2. The highest BCUT2D eigenvalue weighted by molar-refractivity contribution is 7.96. The monoisotopic (exact) mass is 202 g/mol. The molecule has 4 heteroatoms. The maximum atomic E-state index is 10.4. The quantitative estimate of drug-likeness (QED) is 0.761. The second-order valence-electron chi connectivity index (χ2n) is 2.14. The molecule has 1 rings (SSSR count). The summed E-state index contributed by atoms with van der Waals surface area (Å²) in [6.07, 6.45) is 0. The number of ether oxygens (including phenoxy) is 1. The van der Waals surface area contributed by atoms with Gasteiger partial charge in [-0.3, -0.25) is 4.79 Å². The molecule has 0 spiro atoms. The summed E-state index contributed by atoms with van der Waals surface area (Å²) in [6, 6.07) is 6.78. The molecule has 0 aromatic heterocycles. The van der Waals surface area contributed by atoms with Gasteiger partial charge >= 0.3 is 0 Å². The van der Waals surface area contributed by atoms with Gasteiger partial charge in [-0.1, -0.05) is 11.6 Å². The van der Waals surface area contributed by atoms with E-state index < -0.39 is 0 Å². The predicted octanol–water partition coefficient (Wildman–Crippen LogP) is 2.18. The molecule has 0 radical (unpaired) electrons. The first-order valence-corrected chi connectivity index (χ1v) is 4.11. The van der Waals surface area contributed by atoms with Crippen LogP contribution in [0.25, 0.3) is 0 Å². The second kappa shape index (κ2) is 4.38. The Labute approximate surface area is 80.9 Å². The molecular formula is C8H7ClO2S. The lowest BCUT2D eigenvalue weighted by Gasteiger charge is -2.01. The molecule has 1 aromatic rings. The number of benzene rings is 1. The summed E-state index contributed by atoms with van der Waals surface area (Å²) < 4.78 is 5.04. The van der Waals surface area contributed by atoms with E-state index >= 15 is 0 Å². The average Bonchev–Trinajstić information content (AvgIpc) is 2.03. The molecule has 0 unspecified atom stereocenters. The maximum absolute atomic E-state index is 10.4. The van der Waals surface area contributed by atoms with E-state index in [0.717, 1.165) is 0 Å². The van der Waals surface area contributed by atoms with Gasteiger partial charge in [0.25, 0.3) is 0 Å². The number of carbonyl (C=O) groups excluding carboxylic acids is 1. The fraction of sp³-hybridized carbons (Fsp3) is 0.125. The Kier molecular flexibility index (Phi) is 3.44. The molecular weight excluding hydrogens is 196 g/mol. The smallest absolute Gasteiger partial charge is 0.223 e. The van der Waals surface area contributed by atoms with Crippen LogP contribution in [0.5, 0.6) is 5.75 Å². The van der Waals surface area contributed by atoms with Gasteiger partial charge in [0.05, 0.1) is 0 Å². The molecule has 0 saturated heterocycles. The highest BCUT2D eigenvalue weighted by Crippen LogP contribution is 2.15. The summed E-state index contributed by atoms with van der Waals surface area (Å²) in [5.74, 6) is 0.613. The highest BCUT2D eigenvalue weighted by Gasteiger charge is 1.96. The molecule has 0 atom stereocenters. The Hall–Kier alpha value is -0.670. The van der Waals surface area contributed by atoms with Crippen molar-refractivity contribution in [2.45, 2.75) is 0 Å². The lowest BCUT2D eigenvalue weighted by atomic mass is 10.3. The molecule has 1 aromatic carbocycles. The number of hydrogen-bond donors (Lipinski definition) is 1. The minimum atomic E-state index is -0.301. The van der Waals surface area contributed by atoms with Crippen molar-refractivity contribution in [3.05, 3.63) is 29.3 Å². The molecule has 0 fully saturated rings. The fourth-order valence-corrected chi connectivity index (χ4v) is 0.866. The predicted molar refractivity (Wildman–Crippen MR) is 50.9 cm³/mol. The largest absolute Gasteiger partial charge is 0.485 e. The molecule has 0 aliphatic heterocycles. The van der Waals surface area contributed by atoms with Gasteiger partial charge in [-0.2, -0.15) is 0 Å². The van der Waals surface area contributed by atoms with E-state index in [1.54, 1.807) is 24.3 Å². The molecule has 2 nitrogen and oxygen atoms in total. The Morgan fingerprint density at radius 1 is 1.42 bits per heavy atom. The van der Waals surface area contributed by atoms with Crippen LogP contribution in [0.4, 0.5) is 0 Å². The van der Waals surface area contributed by atoms with Crippen molar-refractivity contribution in [3.63, 3.8) is 0 Å². The molecule has 0 N–H and O–H groups in total. The molecule has 0 heterocycles. The molecule has 64 valence electrons. The first-order chi connectivity index (χ1) is 5.68. The summed E-state index contributed by atoms with van der Waals surface area (Å²) in [7, 11) is 0. The van der Waals surface area contributed by atoms with Crippen LogP contribution in [0.2, 0.25) is 5.02 Å².